The summed E-state index contributed by atoms with van der Waals surface area (Å²) in [5.41, 5.74) is 1.78. The third-order valence-corrected chi connectivity index (χ3v) is 6.83. The molecule has 2 atom stereocenters. The van der Waals surface area contributed by atoms with Crippen LogP contribution in [0.1, 0.15) is 41.9 Å². The molecule has 0 saturated heterocycles. The van der Waals surface area contributed by atoms with Crippen LogP contribution < -0.4 is 0 Å². The maximum Gasteiger partial charge on any atom is 0.179 e. The van der Waals surface area contributed by atoms with Crippen molar-refractivity contribution in [2.24, 2.45) is 5.92 Å². The highest BCUT2D eigenvalue weighted by Gasteiger charge is 2.36. The molecular formula is C20H27NO3S. The highest BCUT2D eigenvalue weighted by molar-refractivity contribution is 7.91. The number of benzene rings is 1. The van der Waals surface area contributed by atoms with Gasteiger partial charge in [-0.2, -0.15) is 0 Å². The molecule has 1 aromatic heterocycles. The van der Waals surface area contributed by atoms with Crippen molar-refractivity contribution in [3.8, 4) is 0 Å². The van der Waals surface area contributed by atoms with E-state index in [4.69, 9.17) is 4.42 Å². The topological polar surface area (TPSA) is 50.5 Å². The van der Waals surface area contributed by atoms with E-state index in [9.17, 15) is 8.42 Å². The van der Waals surface area contributed by atoms with Crippen molar-refractivity contribution in [2.45, 2.75) is 44.6 Å². The lowest BCUT2D eigenvalue weighted by Crippen LogP contribution is -2.25. The fraction of sp³-hybridized carbons (Fsp3) is 0.500. The van der Waals surface area contributed by atoms with Crippen LogP contribution in [0, 0.1) is 19.8 Å². The highest BCUT2D eigenvalue weighted by Crippen LogP contribution is 2.47. The van der Waals surface area contributed by atoms with Crippen molar-refractivity contribution >= 4 is 9.84 Å². The Bertz CT molecular complexity index is 854. The first-order chi connectivity index (χ1) is 11.8. The first-order valence-corrected chi connectivity index (χ1v) is 10.5. The average Bonchev–Trinajstić information content (AvgIpc) is 3.10. The summed E-state index contributed by atoms with van der Waals surface area (Å²) in [4.78, 5) is 2.45. The minimum absolute atomic E-state index is 0.112. The molecule has 5 heteroatoms. The minimum Gasteiger partial charge on any atom is -0.464 e. The van der Waals surface area contributed by atoms with Gasteiger partial charge in [-0.1, -0.05) is 19.1 Å². The molecule has 1 saturated carbocycles. The maximum atomic E-state index is 12.6. The molecule has 0 radical (unpaired) electrons. The predicted octanol–water partition coefficient (Wildman–Crippen LogP) is 3.93. The van der Waals surface area contributed by atoms with Gasteiger partial charge in [0, 0.05) is 12.5 Å². The Labute approximate surface area is 150 Å². The summed E-state index contributed by atoms with van der Waals surface area (Å²) in [6.07, 6.45) is 1.21. The molecule has 1 aliphatic rings. The van der Waals surface area contributed by atoms with E-state index in [1.165, 1.54) is 6.42 Å². The second-order valence-electron chi connectivity index (χ2n) is 7.45. The Kier molecular flexibility index (Phi) is 5.07. The fourth-order valence-corrected chi connectivity index (χ4v) is 4.87. The Morgan fingerprint density at radius 1 is 1.20 bits per heavy atom. The van der Waals surface area contributed by atoms with Crippen LogP contribution in [0.15, 0.2) is 39.6 Å². The highest BCUT2D eigenvalue weighted by atomic mass is 32.2. The van der Waals surface area contributed by atoms with E-state index >= 15 is 0 Å². The van der Waals surface area contributed by atoms with Crippen LogP contribution in [0.5, 0.6) is 0 Å². The molecule has 3 rings (SSSR count). The van der Waals surface area contributed by atoms with Crippen molar-refractivity contribution in [2.75, 3.05) is 19.3 Å². The summed E-state index contributed by atoms with van der Waals surface area (Å²) in [7, 11) is -1.35. The number of nitrogens with zero attached hydrogens (tertiary/aromatic N) is 1. The lowest BCUT2D eigenvalue weighted by atomic mass is 10.2. The maximum absolute atomic E-state index is 12.6. The molecule has 0 bridgehead atoms. The van der Waals surface area contributed by atoms with Crippen LogP contribution in [0.3, 0.4) is 0 Å². The summed E-state index contributed by atoms with van der Waals surface area (Å²) in [5, 5.41) is 0. The first kappa shape index (κ1) is 18.2. The van der Waals surface area contributed by atoms with Crippen molar-refractivity contribution < 1.29 is 12.8 Å². The van der Waals surface area contributed by atoms with Gasteiger partial charge in [-0.25, -0.2) is 8.42 Å². The first-order valence-electron chi connectivity index (χ1n) is 8.83. The second-order valence-corrected chi connectivity index (χ2v) is 9.53. The van der Waals surface area contributed by atoms with E-state index in [0.29, 0.717) is 23.9 Å². The summed E-state index contributed by atoms with van der Waals surface area (Å²) in [5.74, 6) is 3.38. The molecular weight excluding hydrogens is 334 g/mol. The third kappa shape index (κ3) is 4.33. The molecule has 1 aliphatic carbocycles. The van der Waals surface area contributed by atoms with Crippen LogP contribution in [-0.4, -0.2) is 32.7 Å². The molecule has 0 aliphatic heterocycles. The SMILES string of the molecule is Cc1ccc(C)c(S(=O)(=O)CCN(C)Cc2ccc([C@H]3C[C@H]3C)o2)c1. The molecule has 2 aromatic rings. The van der Waals surface area contributed by atoms with Gasteiger partial charge in [0.2, 0.25) is 0 Å². The largest absolute Gasteiger partial charge is 0.464 e. The van der Waals surface area contributed by atoms with Gasteiger partial charge in [0.05, 0.1) is 17.2 Å². The van der Waals surface area contributed by atoms with Crippen LogP contribution >= 0.6 is 0 Å². The number of rotatable bonds is 7. The predicted molar refractivity (Wildman–Crippen MR) is 99.5 cm³/mol. The van der Waals surface area contributed by atoms with Gasteiger partial charge in [0.1, 0.15) is 11.5 Å². The monoisotopic (exact) mass is 361 g/mol. The Morgan fingerprint density at radius 3 is 2.60 bits per heavy atom. The van der Waals surface area contributed by atoms with E-state index in [1.807, 2.05) is 44.0 Å². The van der Waals surface area contributed by atoms with Gasteiger partial charge in [-0.05, 0) is 62.6 Å². The van der Waals surface area contributed by atoms with E-state index in [1.54, 1.807) is 6.07 Å². The second kappa shape index (κ2) is 6.96. The summed E-state index contributed by atoms with van der Waals surface area (Å²) in [6.45, 7) is 7.10. The van der Waals surface area contributed by atoms with Crippen molar-refractivity contribution in [3.63, 3.8) is 0 Å². The number of sulfone groups is 1. The standard InChI is InChI=1S/C20H27NO3S/c1-14-5-6-15(2)20(11-14)25(22,23)10-9-21(4)13-17-7-8-19(24-17)18-12-16(18)3/h5-8,11,16,18H,9-10,12-13H2,1-4H3/t16-,18+/m1/s1. The molecule has 0 amide bonds. The summed E-state index contributed by atoms with van der Waals surface area (Å²) in [6, 6.07) is 9.64. The zero-order valence-electron chi connectivity index (χ0n) is 15.5. The number of aryl methyl sites for hydroxylation is 2. The zero-order chi connectivity index (χ0) is 18.2. The number of hydrogen-bond donors (Lipinski definition) is 0. The molecule has 1 fully saturated rings. The molecule has 136 valence electrons. The minimum atomic E-state index is -3.28. The third-order valence-electron chi connectivity index (χ3n) is 5.00. The lowest BCUT2D eigenvalue weighted by molar-refractivity contribution is 0.304. The molecule has 1 aromatic carbocycles. The molecule has 0 unspecified atom stereocenters. The van der Waals surface area contributed by atoms with Crippen LogP contribution in [0.2, 0.25) is 0 Å². The van der Waals surface area contributed by atoms with Crippen molar-refractivity contribution in [1.82, 2.24) is 4.90 Å². The van der Waals surface area contributed by atoms with E-state index in [0.717, 1.165) is 28.6 Å². The van der Waals surface area contributed by atoms with Crippen LogP contribution in [0.4, 0.5) is 0 Å². The van der Waals surface area contributed by atoms with Crippen LogP contribution in [-0.2, 0) is 16.4 Å². The molecule has 25 heavy (non-hydrogen) atoms. The quantitative estimate of drug-likeness (QED) is 0.750. The molecule has 4 nitrogen and oxygen atoms in total. The van der Waals surface area contributed by atoms with Gasteiger partial charge < -0.3 is 4.42 Å². The zero-order valence-corrected chi connectivity index (χ0v) is 16.3. The van der Waals surface area contributed by atoms with Crippen molar-refractivity contribution in [1.29, 1.82) is 0 Å². The van der Waals surface area contributed by atoms with Crippen LogP contribution in [0.25, 0.3) is 0 Å². The van der Waals surface area contributed by atoms with E-state index < -0.39 is 9.84 Å². The normalized spacial score (nSPS) is 20.2. The van der Waals surface area contributed by atoms with Gasteiger partial charge in [-0.3, -0.25) is 4.90 Å². The fourth-order valence-electron chi connectivity index (χ4n) is 3.17. The Hall–Kier alpha value is -1.59. The number of hydrogen-bond acceptors (Lipinski definition) is 4. The number of furan rings is 1. The van der Waals surface area contributed by atoms with E-state index in [2.05, 4.69) is 13.0 Å². The molecule has 0 spiro atoms. The van der Waals surface area contributed by atoms with Gasteiger partial charge in [0.25, 0.3) is 0 Å². The smallest absolute Gasteiger partial charge is 0.179 e. The van der Waals surface area contributed by atoms with E-state index in [-0.39, 0.29) is 5.75 Å². The molecule has 0 N–H and O–H groups in total. The lowest BCUT2D eigenvalue weighted by Gasteiger charge is -2.16. The van der Waals surface area contributed by atoms with Gasteiger partial charge in [-0.15, -0.1) is 0 Å². The Balaban J connectivity index is 1.58. The average molecular weight is 362 g/mol. The molecule has 1 heterocycles. The van der Waals surface area contributed by atoms with Gasteiger partial charge in [0.15, 0.2) is 9.84 Å². The van der Waals surface area contributed by atoms with Gasteiger partial charge >= 0.3 is 0 Å². The van der Waals surface area contributed by atoms with Crippen molar-refractivity contribution in [3.05, 3.63) is 53.0 Å². The Morgan fingerprint density at radius 2 is 1.92 bits per heavy atom. The summed E-state index contributed by atoms with van der Waals surface area (Å²) >= 11 is 0. The summed E-state index contributed by atoms with van der Waals surface area (Å²) < 4.78 is 31.2.